The molecule has 0 saturated heterocycles. The van der Waals surface area contributed by atoms with Crippen molar-refractivity contribution < 1.29 is 0 Å². The molecule has 1 atom stereocenters. The molecule has 0 radical (unpaired) electrons. The molecular formula is C18H23N3. The highest BCUT2D eigenvalue weighted by atomic mass is 14.9. The lowest BCUT2D eigenvalue weighted by Crippen LogP contribution is -2.02. The first-order valence-corrected chi connectivity index (χ1v) is 7.85. The number of aromatic nitrogens is 3. The molecule has 0 aliphatic heterocycles. The van der Waals surface area contributed by atoms with E-state index in [2.05, 4.69) is 58.0 Å². The summed E-state index contributed by atoms with van der Waals surface area (Å²) < 4.78 is 2.37. The molecular weight excluding hydrogens is 258 g/mol. The van der Waals surface area contributed by atoms with Crippen LogP contribution in [0.15, 0.2) is 48.9 Å². The lowest BCUT2D eigenvalue weighted by molar-refractivity contribution is 0.452. The number of hydrogen-bond donors (Lipinski definition) is 1. The van der Waals surface area contributed by atoms with Crippen molar-refractivity contribution in [2.45, 2.75) is 39.2 Å². The molecule has 1 N–H and O–H groups in total. The third-order valence-electron chi connectivity index (χ3n) is 4.20. The normalized spacial score (nSPS) is 12.8. The van der Waals surface area contributed by atoms with Gasteiger partial charge in [0.05, 0.1) is 0 Å². The van der Waals surface area contributed by atoms with Crippen LogP contribution in [0.1, 0.15) is 32.0 Å². The van der Waals surface area contributed by atoms with E-state index in [-0.39, 0.29) is 0 Å². The Kier molecular flexibility index (Phi) is 4.39. The van der Waals surface area contributed by atoms with Crippen LogP contribution in [-0.4, -0.2) is 14.5 Å². The number of fused-ring (bicyclic) bond motifs is 1. The van der Waals surface area contributed by atoms with Crippen LogP contribution in [0.2, 0.25) is 0 Å². The van der Waals surface area contributed by atoms with Gasteiger partial charge >= 0.3 is 0 Å². The molecule has 3 aromatic rings. The van der Waals surface area contributed by atoms with E-state index in [4.69, 9.17) is 0 Å². The molecule has 3 nitrogen and oxygen atoms in total. The second-order valence-electron chi connectivity index (χ2n) is 5.89. The van der Waals surface area contributed by atoms with Crippen molar-refractivity contribution in [1.82, 2.24) is 14.5 Å². The molecule has 0 bridgehead atoms. The molecule has 0 saturated carbocycles. The van der Waals surface area contributed by atoms with Gasteiger partial charge in [-0.15, -0.1) is 0 Å². The summed E-state index contributed by atoms with van der Waals surface area (Å²) >= 11 is 0. The highest BCUT2D eigenvalue weighted by Crippen LogP contribution is 2.18. The lowest BCUT2D eigenvalue weighted by atomic mass is 9.99. The van der Waals surface area contributed by atoms with Gasteiger partial charge in [-0.2, -0.15) is 0 Å². The minimum Gasteiger partial charge on any atom is -0.349 e. The quantitative estimate of drug-likeness (QED) is 0.683. The maximum atomic E-state index is 4.28. The van der Waals surface area contributed by atoms with Gasteiger partial charge in [0.25, 0.3) is 0 Å². The fraction of sp³-hybridized carbons (Fsp3) is 0.389. The summed E-state index contributed by atoms with van der Waals surface area (Å²) in [5, 5.41) is 1.34. The number of para-hydroxylation sites is 1. The lowest BCUT2D eigenvalue weighted by Gasteiger charge is -2.11. The van der Waals surface area contributed by atoms with Crippen LogP contribution >= 0.6 is 0 Å². The molecule has 1 aromatic carbocycles. The first-order valence-electron chi connectivity index (χ1n) is 7.85. The number of nitrogens with one attached hydrogen (secondary N) is 1. The summed E-state index contributed by atoms with van der Waals surface area (Å²) in [6.45, 7) is 3.45. The Morgan fingerprint density at radius 2 is 2.10 bits per heavy atom. The summed E-state index contributed by atoms with van der Waals surface area (Å²) in [5.41, 5.74) is 1.35. The molecule has 3 heteroatoms. The number of benzene rings is 1. The van der Waals surface area contributed by atoms with Crippen LogP contribution in [0.5, 0.6) is 0 Å². The van der Waals surface area contributed by atoms with E-state index in [1.807, 2.05) is 12.4 Å². The summed E-state index contributed by atoms with van der Waals surface area (Å²) in [7, 11) is 0. The van der Waals surface area contributed by atoms with Crippen LogP contribution in [0.25, 0.3) is 10.9 Å². The van der Waals surface area contributed by atoms with Gasteiger partial charge in [-0.25, -0.2) is 4.98 Å². The van der Waals surface area contributed by atoms with E-state index < -0.39 is 0 Å². The zero-order valence-electron chi connectivity index (χ0n) is 12.6. The third kappa shape index (κ3) is 3.54. The Bertz CT molecular complexity index is 667. The average Bonchev–Trinajstić information content (AvgIpc) is 3.15. The molecule has 2 aromatic heterocycles. The predicted octanol–water partition coefficient (Wildman–Crippen LogP) is 4.41. The van der Waals surface area contributed by atoms with Gasteiger partial charge in [-0.3, -0.25) is 0 Å². The van der Waals surface area contributed by atoms with Crippen molar-refractivity contribution in [3.63, 3.8) is 0 Å². The molecule has 0 fully saturated rings. The Hall–Kier alpha value is -2.03. The van der Waals surface area contributed by atoms with Crippen molar-refractivity contribution in [2.75, 3.05) is 0 Å². The topological polar surface area (TPSA) is 33.6 Å². The molecule has 3 rings (SSSR count). The van der Waals surface area contributed by atoms with Gasteiger partial charge in [-0.1, -0.05) is 25.1 Å². The maximum Gasteiger partial charge on any atom is 0.106 e. The number of H-pyrrole nitrogens is 1. The Morgan fingerprint density at radius 1 is 1.19 bits per heavy atom. The van der Waals surface area contributed by atoms with Gasteiger partial charge < -0.3 is 9.55 Å². The van der Waals surface area contributed by atoms with E-state index in [0.29, 0.717) is 0 Å². The molecule has 110 valence electrons. The fourth-order valence-electron chi connectivity index (χ4n) is 2.91. The van der Waals surface area contributed by atoms with Crippen LogP contribution in [0.4, 0.5) is 0 Å². The predicted molar refractivity (Wildman–Crippen MR) is 87.2 cm³/mol. The van der Waals surface area contributed by atoms with E-state index in [9.17, 15) is 0 Å². The van der Waals surface area contributed by atoms with E-state index in [1.54, 1.807) is 0 Å². The van der Waals surface area contributed by atoms with Gasteiger partial charge in [0.15, 0.2) is 0 Å². The van der Waals surface area contributed by atoms with Crippen LogP contribution in [0, 0.1) is 5.92 Å². The smallest absolute Gasteiger partial charge is 0.106 e. The summed E-state index contributed by atoms with van der Waals surface area (Å²) in [4.78, 5) is 7.46. The van der Waals surface area contributed by atoms with E-state index in [0.717, 1.165) is 24.7 Å². The second kappa shape index (κ2) is 6.61. The first-order chi connectivity index (χ1) is 10.3. The minimum atomic E-state index is 0.747. The Labute approximate surface area is 126 Å². The average molecular weight is 281 g/mol. The van der Waals surface area contributed by atoms with Gasteiger partial charge in [0, 0.05) is 37.1 Å². The monoisotopic (exact) mass is 281 g/mol. The molecule has 2 heterocycles. The third-order valence-corrected chi connectivity index (χ3v) is 4.20. The SMILES string of the molecule is CC(CCCn1ccc2ccccc21)CCc1ncc[nH]1. The maximum absolute atomic E-state index is 4.28. The molecule has 0 spiro atoms. The largest absolute Gasteiger partial charge is 0.349 e. The fourth-order valence-corrected chi connectivity index (χ4v) is 2.91. The number of rotatable bonds is 7. The Balaban J connectivity index is 1.45. The highest BCUT2D eigenvalue weighted by molar-refractivity contribution is 5.79. The number of hydrogen-bond acceptors (Lipinski definition) is 1. The van der Waals surface area contributed by atoms with Crippen molar-refractivity contribution >= 4 is 10.9 Å². The van der Waals surface area contributed by atoms with Gasteiger partial charge in [0.2, 0.25) is 0 Å². The van der Waals surface area contributed by atoms with Crippen molar-refractivity contribution in [1.29, 1.82) is 0 Å². The van der Waals surface area contributed by atoms with Crippen LogP contribution < -0.4 is 0 Å². The minimum absolute atomic E-state index is 0.747. The van der Waals surface area contributed by atoms with Crippen LogP contribution in [0.3, 0.4) is 0 Å². The first kappa shape index (κ1) is 13.9. The van der Waals surface area contributed by atoms with Gasteiger partial charge in [-0.05, 0) is 42.7 Å². The molecule has 0 amide bonds. The van der Waals surface area contributed by atoms with Crippen molar-refractivity contribution in [3.05, 3.63) is 54.7 Å². The summed E-state index contributed by atoms with van der Waals surface area (Å²) in [5.74, 6) is 1.86. The van der Waals surface area contributed by atoms with Crippen LogP contribution in [-0.2, 0) is 13.0 Å². The zero-order valence-corrected chi connectivity index (χ0v) is 12.6. The number of aromatic amines is 1. The van der Waals surface area contributed by atoms with E-state index >= 15 is 0 Å². The standard InChI is InChI=1S/C18H23N3/c1-15(8-9-18-19-11-12-20-18)5-4-13-21-14-10-16-6-2-3-7-17(16)21/h2-3,6-7,10-12,14-15H,4-5,8-9,13H2,1H3,(H,19,20). The van der Waals surface area contributed by atoms with Gasteiger partial charge in [0.1, 0.15) is 5.82 Å². The summed E-state index contributed by atoms with van der Waals surface area (Å²) in [6, 6.07) is 10.8. The molecule has 21 heavy (non-hydrogen) atoms. The highest BCUT2D eigenvalue weighted by Gasteiger charge is 2.05. The Morgan fingerprint density at radius 3 is 2.95 bits per heavy atom. The number of nitrogens with zero attached hydrogens (tertiary/aromatic N) is 2. The molecule has 1 unspecified atom stereocenters. The zero-order chi connectivity index (χ0) is 14.5. The van der Waals surface area contributed by atoms with Crippen molar-refractivity contribution in [2.24, 2.45) is 5.92 Å². The summed E-state index contributed by atoms with van der Waals surface area (Å²) in [6.07, 6.45) is 10.7. The number of aryl methyl sites for hydroxylation is 2. The van der Waals surface area contributed by atoms with Crippen molar-refractivity contribution in [3.8, 4) is 0 Å². The van der Waals surface area contributed by atoms with E-state index in [1.165, 1.54) is 30.2 Å². The second-order valence-corrected chi connectivity index (χ2v) is 5.89. The molecule has 0 aliphatic rings. The number of imidazole rings is 1. The molecule has 0 aliphatic carbocycles.